The molecule has 2 aliphatic rings. The molecule has 0 saturated carbocycles. The Labute approximate surface area is 169 Å². The smallest absolute Gasteiger partial charge is 0.242 e. The zero-order valence-electron chi connectivity index (χ0n) is 16.5. The average Bonchev–Trinajstić information content (AvgIpc) is 3.32. The molecule has 1 aromatic heterocycles. The number of fused-ring (bicyclic) bond motifs is 2. The van der Waals surface area contributed by atoms with Crippen LogP contribution in [0.1, 0.15) is 11.4 Å². The minimum Gasteiger partial charge on any atom is -0.454 e. The molecule has 7 nitrogen and oxygen atoms in total. The maximum atomic E-state index is 12.9. The first-order valence-electron chi connectivity index (χ1n) is 9.98. The van der Waals surface area contributed by atoms with Crippen LogP contribution in [0.5, 0.6) is 11.5 Å². The van der Waals surface area contributed by atoms with Crippen molar-refractivity contribution in [1.29, 1.82) is 0 Å². The van der Waals surface area contributed by atoms with Gasteiger partial charge in [0, 0.05) is 32.7 Å². The van der Waals surface area contributed by atoms with E-state index in [9.17, 15) is 4.79 Å². The summed E-state index contributed by atoms with van der Waals surface area (Å²) < 4.78 is 12.9. The van der Waals surface area contributed by atoms with Gasteiger partial charge in [-0.2, -0.15) is 0 Å². The van der Waals surface area contributed by atoms with Gasteiger partial charge in [0.25, 0.3) is 0 Å². The number of imidazole rings is 1. The van der Waals surface area contributed by atoms with E-state index in [1.807, 2.05) is 52.8 Å². The highest BCUT2D eigenvalue weighted by atomic mass is 16.7. The first-order chi connectivity index (χ1) is 14.2. The van der Waals surface area contributed by atoms with E-state index in [-0.39, 0.29) is 5.91 Å². The van der Waals surface area contributed by atoms with Crippen LogP contribution in [0.4, 0.5) is 0 Å². The number of aromatic nitrogens is 2. The van der Waals surface area contributed by atoms with Crippen molar-refractivity contribution in [2.75, 3.05) is 33.0 Å². The zero-order valence-corrected chi connectivity index (χ0v) is 16.5. The molecule has 0 bridgehead atoms. The second kappa shape index (κ2) is 7.40. The lowest BCUT2D eigenvalue weighted by molar-refractivity contribution is -0.133. The molecule has 1 saturated heterocycles. The molecule has 2 aromatic carbocycles. The lowest BCUT2D eigenvalue weighted by Gasteiger charge is -2.35. The van der Waals surface area contributed by atoms with Gasteiger partial charge in [-0.3, -0.25) is 9.69 Å². The molecular formula is C22H24N4O3. The zero-order chi connectivity index (χ0) is 19.8. The predicted octanol–water partition coefficient (Wildman–Crippen LogP) is 2.42. The monoisotopic (exact) mass is 392 g/mol. The van der Waals surface area contributed by atoms with E-state index < -0.39 is 0 Å². The third-order valence-electron chi connectivity index (χ3n) is 5.71. The molecule has 3 heterocycles. The Bertz CT molecular complexity index is 1050. The third kappa shape index (κ3) is 3.53. The summed E-state index contributed by atoms with van der Waals surface area (Å²) in [5.74, 6) is 2.66. The first-order valence-corrected chi connectivity index (χ1v) is 9.98. The van der Waals surface area contributed by atoms with Crippen molar-refractivity contribution in [1.82, 2.24) is 19.4 Å². The van der Waals surface area contributed by atoms with Crippen molar-refractivity contribution in [2.45, 2.75) is 20.0 Å². The number of para-hydroxylation sites is 2. The number of carbonyl (C=O) groups excluding carboxylic acids is 1. The maximum absolute atomic E-state index is 12.9. The highest BCUT2D eigenvalue weighted by molar-refractivity contribution is 5.81. The second-order valence-electron chi connectivity index (χ2n) is 7.58. The number of amides is 1. The van der Waals surface area contributed by atoms with E-state index in [4.69, 9.17) is 9.47 Å². The highest BCUT2D eigenvalue weighted by Gasteiger charge is 2.23. The Morgan fingerprint density at radius 2 is 1.83 bits per heavy atom. The van der Waals surface area contributed by atoms with Gasteiger partial charge in [0.1, 0.15) is 12.4 Å². The largest absolute Gasteiger partial charge is 0.454 e. The molecule has 0 spiro atoms. The number of aryl methyl sites for hydroxylation is 1. The summed E-state index contributed by atoms with van der Waals surface area (Å²) >= 11 is 0. The molecule has 1 amide bonds. The summed E-state index contributed by atoms with van der Waals surface area (Å²) in [5, 5.41) is 0. The van der Waals surface area contributed by atoms with Gasteiger partial charge in [-0.15, -0.1) is 0 Å². The van der Waals surface area contributed by atoms with E-state index in [2.05, 4.69) is 16.0 Å². The Hall–Kier alpha value is -3.06. The number of ether oxygens (including phenoxy) is 2. The summed E-state index contributed by atoms with van der Waals surface area (Å²) in [6.07, 6.45) is 0. The topological polar surface area (TPSA) is 59.8 Å². The third-order valence-corrected chi connectivity index (χ3v) is 5.71. The van der Waals surface area contributed by atoms with Crippen molar-refractivity contribution >= 4 is 16.9 Å². The molecule has 7 heteroatoms. The van der Waals surface area contributed by atoms with Crippen LogP contribution in [0.3, 0.4) is 0 Å². The number of benzene rings is 2. The molecule has 0 unspecified atom stereocenters. The van der Waals surface area contributed by atoms with Crippen LogP contribution < -0.4 is 9.47 Å². The Kier molecular flexibility index (Phi) is 4.60. The van der Waals surface area contributed by atoms with Crippen LogP contribution in [-0.4, -0.2) is 58.2 Å². The average molecular weight is 392 g/mol. The van der Waals surface area contributed by atoms with E-state index in [0.29, 0.717) is 13.3 Å². The fourth-order valence-electron chi connectivity index (χ4n) is 4.08. The van der Waals surface area contributed by atoms with Gasteiger partial charge in [0.05, 0.1) is 11.0 Å². The molecule has 5 rings (SSSR count). The highest BCUT2D eigenvalue weighted by Crippen LogP contribution is 2.32. The van der Waals surface area contributed by atoms with Gasteiger partial charge in [0.2, 0.25) is 12.7 Å². The second-order valence-corrected chi connectivity index (χ2v) is 7.58. The molecule has 3 aromatic rings. The molecule has 150 valence electrons. The fourth-order valence-corrected chi connectivity index (χ4v) is 4.08. The van der Waals surface area contributed by atoms with Crippen molar-refractivity contribution in [2.24, 2.45) is 0 Å². The Balaban J connectivity index is 1.19. The molecule has 0 N–H and O–H groups in total. The van der Waals surface area contributed by atoms with E-state index >= 15 is 0 Å². The standard InChI is InChI=1S/C22H24N4O3/c1-16-23-18-4-2-3-5-19(18)26(16)14-22(27)25-10-8-24(9-11-25)13-17-6-7-20-21(12-17)29-15-28-20/h2-7,12H,8-11,13-15H2,1H3. The number of carbonyl (C=O) groups is 1. The van der Waals surface area contributed by atoms with Gasteiger partial charge in [-0.1, -0.05) is 18.2 Å². The van der Waals surface area contributed by atoms with Crippen LogP contribution in [0.2, 0.25) is 0 Å². The minimum absolute atomic E-state index is 0.152. The molecule has 0 aliphatic carbocycles. The number of rotatable bonds is 4. The number of nitrogens with zero attached hydrogens (tertiary/aromatic N) is 4. The van der Waals surface area contributed by atoms with Crippen LogP contribution in [0.15, 0.2) is 42.5 Å². The van der Waals surface area contributed by atoms with Gasteiger partial charge >= 0.3 is 0 Å². The van der Waals surface area contributed by atoms with Crippen LogP contribution in [0, 0.1) is 6.92 Å². The van der Waals surface area contributed by atoms with Gasteiger partial charge in [0.15, 0.2) is 11.5 Å². The molecule has 0 radical (unpaired) electrons. The number of hydrogen-bond donors (Lipinski definition) is 0. The lowest BCUT2D eigenvalue weighted by Crippen LogP contribution is -2.49. The molecule has 0 atom stereocenters. The summed E-state index contributed by atoms with van der Waals surface area (Å²) in [6.45, 7) is 6.66. The van der Waals surface area contributed by atoms with Crippen LogP contribution >= 0.6 is 0 Å². The van der Waals surface area contributed by atoms with Crippen molar-refractivity contribution in [3.05, 3.63) is 53.9 Å². The van der Waals surface area contributed by atoms with Gasteiger partial charge in [-0.25, -0.2) is 4.98 Å². The van der Waals surface area contributed by atoms with Crippen molar-refractivity contribution in [3.63, 3.8) is 0 Å². The van der Waals surface area contributed by atoms with Crippen molar-refractivity contribution < 1.29 is 14.3 Å². The summed E-state index contributed by atoms with van der Waals surface area (Å²) in [5.41, 5.74) is 3.15. The van der Waals surface area contributed by atoms with E-state index in [1.54, 1.807) is 0 Å². The SMILES string of the molecule is Cc1nc2ccccc2n1CC(=O)N1CCN(Cc2ccc3c(c2)OCO3)CC1. The molecule has 2 aliphatic heterocycles. The normalized spacial score (nSPS) is 16.5. The first kappa shape index (κ1) is 18.0. The Morgan fingerprint density at radius 1 is 1.03 bits per heavy atom. The summed E-state index contributed by atoms with van der Waals surface area (Å²) in [7, 11) is 0. The van der Waals surface area contributed by atoms with Crippen LogP contribution in [-0.2, 0) is 17.9 Å². The van der Waals surface area contributed by atoms with Crippen molar-refractivity contribution in [3.8, 4) is 11.5 Å². The molecule has 1 fully saturated rings. The quantitative estimate of drug-likeness (QED) is 0.683. The maximum Gasteiger partial charge on any atom is 0.242 e. The number of hydrogen-bond acceptors (Lipinski definition) is 5. The lowest BCUT2D eigenvalue weighted by atomic mass is 10.1. The van der Waals surface area contributed by atoms with Crippen LogP contribution in [0.25, 0.3) is 11.0 Å². The van der Waals surface area contributed by atoms with Gasteiger partial charge in [-0.05, 0) is 36.8 Å². The summed E-state index contributed by atoms with van der Waals surface area (Å²) in [6, 6.07) is 14.1. The minimum atomic E-state index is 0.152. The summed E-state index contributed by atoms with van der Waals surface area (Å²) in [4.78, 5) is 21.8. The van der Waals surface area contributed by atoms with Gasteiger partial charge < -0.3 is 18.9 Å². The van der Waals surface area contributed by atoms with E-state index in [0.717, 1.165) is 61.1 Å². The number of piperazine rings is 1. The fraction of sp³-hybridized carbons (Fsp3) is 0.364. The predicted molar refractivity (Wildman–Crippen MR) is 109 cm³/mol. The molecular weight excluding hydrogens is 368 g/mol. The Morgan fingerprint density at radius 3 is 2.69 bits per heavy atom. The molecule has 29 heavy (non-hydrogen) atoms. The van der Waals surface area contributed by atoms with E-state index in [1.165, 1.54) is 5.56 Å².